The average molecular weight is 434 g/mol. The van der Waals surface area contributed by atoms with Crippen molar-refractivity contribution in [2.75, 3.05) is 17.6 Å². The molecule has 0 radical (unpaired) electrons. The van der Waals surface area contributed by atoms with Crippen molar-refractivity contribution < 1.29 is 22.8 Å². The topological polar surface area (TPSA) is 76.0 Å². The highest BCUT2D eigenvalue weighted by Crippen LogP contribution is 2.24. The van der Waals surface area contributed by atoms with Crippen molar-refractivity contribution in [2.24, 2.45) is 0 Å². The van der Waals surface area contributed by atoms with E-state index in [2.05, 4.69) is 22.2 Å². The van der Waals surface area contributed by atoms with Crippen LogP contribution in [0.1, 0.15) is 0 Å². The summed E-state index contributed by atoms with van der Waals surface area (Å²) in [6.45, 7) is 3.79. The van der Waals surface area contributed by atoms with Crippen molar-refractivity contribution in [1.82, 2.24) is 14.9 Å². The first-order valence-corrected chi connectivity index (χ1v) is 9.78. The maximum Gasteiger partial charge on any atom is 0.243 e. The number of rotatable bonds is 8. The molecule has 3 aromatic rings. The van der Waals surface area contributed by atoms with Gasteiger partial charge in [-0.2, -0.15) is 0 Å². The fourth-order valence-corrected chi connectivity index (χ4v) is 3.50. The molecule has 0 atom stereocenters. The number of hydrogen-bond donors (Lipinski definition) is 2. The molecule has 1 heterocycles. The van der Waals surface area contributed by atoms with Gasteiger partial charge in [0.2, 0.25) is 11.8 Å². The molecule has 0 aliphatic rings. The largest absolute Gasteiger partial charge is 0.346 e. The highest BCUT2D eigenvalue weighted by Gasteiger charge is 2.16. The van der Waals surface area contributed by atoms with E-state index in [1.165, 1.54) is 11.8 Å². The van der Waals surface area contributed by atoms with Crippen molar-refractivity contribution in [1.29, 1.82) is 0 Å². The van der Waals surface area contributed by atoms with E-state index < -0.39 is 41.5 Å². The van der Waals surface area contributed by atoms with Gasteiger partial charge in [-0.3, -0.25) is 9.59 Å². The third kappa shape index (κ3) is 4.82. The van der Waals surface area contributed by atoms with Crippen LogP contribution in [0.2, 0.25) is 0 Å². The molecule has 0 fully saturated rings. The first-order chi connectivity index (χ1) is 14.4. The lowest BCUT2D eigenvalue weighted by molar-refractivity contribution is -0.122. The number of benzene rings is 2. The van der Waals surface area contributed by atoms with Crippen LogP contribution >= 0.6 is 11.8 Å². The van der Waals surface area contributed by atoms with Gasteiger partial charge >= 0.3 is 0 Å². The van der Waals surface area contributed by atoms with Gasteiger partial charge in [-0.15, -0.1) is 6.58 Å². The summed E-state index contributed by atoms with van der Waals surface area (Å²) < 4.78 is 41.6. The lowest BCUT2D eigenvalue weighted by Crippen LogP contribution is -2.34. The van der Waals surface area contributed by atoms with Crippen LogP contribution < -0.4 is 10.6 Å². The van der Waals surface area contributed by atoms with Crippen molar-refractivity contribution >= 4 is 40.3 Å². The Bertz CT molecular complexity index is 1120. The molecule has 2 N–H and O–H groups in total. The van der Waals surface area contributed by atoms with E-state index in [1.54, 1.807) is 6.08 Å². The van der Waals surface area contributed by atoms with Gasteiger partial charge in [0.15, 0.2) is 22.6 Å². The van der Waals surface area contributed by atoms with E-state index in [9.17, 15) is 22.8 Å². The first kappa shape index (κ1) is 21.4. The minimum atomic E-state index is -1.68. The summed E-state index contributed by atoms with van der Waals surface area (Å²) in [6.07, 6.45) is 1.72. The highest BCUT2D eigenvalue weighted by atomic mass is 32.2. The second-order valence-electron chi connectivity index (χ2n) is 6.12. The van der Waals surface area contributed by atoms with Gasteiger partial charge in [-0.05, 0) is 24.3 Å². The summed E-state index contributed by atoms with van der Waals surface area (Å²) in [4.78, 5) is 28.4. The third-order valence-electron chi connectivity index (χ3n) is 4.02. The fourth-order valence-electron chi connectivity index (χ4n) is 2.65. The molecule has 1 aromatic heterocycles. The van der Waals surface area contributed by atoms with Crippen LogP contribution in [0.5, 0.6) is 0 Å². The Balaban J connectivity index is 1.55. The molecule has 2 amide bonds. The molecular weight excluding hydrogens is 417 g/mol. The highest BCUT2D eigenvalue weighted by molar-refractivity contribution is 7.99. The molecule has 0 spiro atoms. The van der Waals surface area contributed by atoms with Gasteiger partial charge in [0.25, 0.3) is 0 Å². The zero-order chi connectivity index (χ0) is 21.7. The molecule has 10 heteroatoms. The number of halogens is 3. The number of aromatic nitrogens is 2. The van der Waals surface area contributed by atoms with Crippen molar-refractivity contribution in [3.63, 3.8) is 0 Å². The summed E-state index contributed by atoms with van der Waals surface area (Å²) in [6, 6.07) is 9.12. The van der Waals surface area contributed by atoms with Crippen LogP contribution in [0.3, 0.4) is 0 Å². The van der Waals surface area contributed by atoms with Crippen LogP contribution in [0.4, 0.5) is 18.9 Å². The van der Waals surface area contributed by atoms with E-state index in [-0.39, 0.29) is 5.75 Å². The van der Waals surface area contributed by atoms with Gasteiger partial charge in [-0.25, -0.2) is 18.2 Å². The van der Waals surface area contributed by atoms with E-state index in [4.69, 9.17) is 0 Å². The average Bonchev–Trinajstić information content (AvgIpc) is 3.09. The SMILES string of the molecule is C=CCn1c(SCC(=O)NCC(=O)Nc2ccc(F)c(F)c2F)nc2ccccc21. The Kier molecular flexibility index (Phi) is 6.78. The Morgan fingerprint density at radius 3 is 2.63 bits per heavy atom. The number of fused-ring (bicyclic) bond motifs is 1. The van der Waals surface area contributed by atoms with Gasteiger partial charge in [0.05, 0.1) is 29.0 Å². The molecule has 0 bridgehead atoms. The molecule has 0 aliphatic heterocycles. The van der Waals surface area contributed by atoms with Gasteiger partial charge in [0.1, 0.15) is 0 Å². The molecule has 3 rings (SSSR count). The number of nitrogens with one attached hydrogen (secondary N) is 2. The predicted octanol–water partition coefficient (Wildman–Crippen LogP) is 3.49. The molecule has 0 saturated carbocycles. The van der Waals surface area contributed by atoms with E-state index in [1.807, 2.05) is 28.8 Å². The summed E-state index contributed by atoms with van der Waals surface area (Å²) in [5, 5.41) is 5.09. The van der Waals surface area contributed by atoms with Crippen LogP contribution in [-0.2, 0) is 16.1 Å². The number of anilines is 1. The smallest absolute Gasteiger partial charge is 0.243 e. The van der Waals surface area contributed by atoms with E-state index >= 15 is 0 Å². The molecule has 6 nitrogen and oxygen atoms in total. The Morgan fingerprint density at radius 1 is 1.10 bits per heavy atom. The van der Waals surface area contributed by atoms with E-state index in [0.717, 1.165) is 17.1 Å². The maximum atomic E-state index is 13.6. The predicted molar refractivity (Wildman–Crippen MR) is 109 cm³/mol. The number of para-hydroxylation sites is 2. The molecule has 30 heavy (non-hydrogen) atoms. The minimum absolute atomic E-state index is 0.00666. The van der Waals surface area contributed by atoms with Crippen LogP contribution in [-0.4, -0.2) is 33.7 Å². The number of hydrogen-bond acceptors (Lipinski definition) is 4. The molecular formula is C20H17F3N4O2S. The number of carbonyl (C=O) groups excluding carboxylic acids is 2. The Labute approximate surface area is 174 Å². The second-order valence-corrected chi connectivity index (χ2v) is 7.06. The summed E-state index contributed by atoms with van der Waals surface area (Å²) >= 11 is 1.19. The van der Waals surface area contributed by atoms with Crippen molar-refractivity contribution in [3.8, 4) is 0 Å². The molecule has 2 aromatic carbocycles. The number of imidazole rings is 1. The third-order valence-corrected chi connectivity index (χ3v) is 5.00. The van der Waals surface area contributed by atoms with Gasteiger partial charge < -0.3 is 15.2 Å². The quantitative estimate of drug-likeness (QED) is 0.323. The van der Waals surface area contributed by atoms with Gasteiger partial charge in [0, 0.05) is 6.54 Å². The second kappa shape index (κ2) is 9.49. The van der Waals surface area contributed by atoms with Crippen LogP contribution in [0.25, 0.3) is 11.0 Å². The normalized spacial score (nSPS) is 10.8. The number of amides is 2. The Hall–Kier alpha value is -3.27. The Morgan fingerprint density at radius 2 is 1.87 bits per heavy atom. The molecule has 0 saturated heterocycles. The lowest BCUT2D eigenvalue weighted by atomic mass is 10.2. The number of nitrogens with zero attached hydrogens (tertiary/aromatic N) is 2. The lowest BCUT2D eigenvalue weighted by Gasteiger charge is -2.09. The maximum absolute atomic E-state index is 13.6. The van der Waals surface area contributed by atoms with E-state index in [0.29, 0.717) is 17.8 Å². The summed E-state index contributed by atoms with van der Waals surface area (Å²) in [5.41, 5.74) is 1.18. The first-order valence-electron chi connectivity index (χ1n) is 8.79. The van der Waals surface area contributed by atoms with Gasteiger partial charge in [-0.1, -0.05) is 30.0 Å². The number of allylic oxidation sites excluding steroid dienone is 1. The van der Waals surface area contributed by atoms with Crippen LogP contribution in [0.15, 0.2) is 54.2 Å². The van der Waals surface area contributed by atoms with Crippen LogP contribution in [0, 0.1) is 17.5 Å². The molecule has 0 unspecified atom stereocenters. The van der Waals surface area contributed by atoms with Crippen molar-refractivity contribution in [2.45, 2.75) is 11.7 Å². The summed E-state index contributed by atoms with van der Waals surface area (Å²) in [5.74, 6) is -5.79. The molecule has 156 valence electrons. The molecule has 0 aliphatic carbocycles. The standard InChI is InChI=1S/C20H17F3N4O2S/c1-2-9-27-15-6-4-3-5-13(15)26-20(27)30-11-17(29)24-10-16(28)25-14-8-7-12(21)18(22)19(14)23/h2-8H,1,9-11H2,(H,24,29)(H,25,28). The zero-order valence-corrected chi connectivity index (χ0v) is 16.4. The monoisotopic (exact) mass is 434 g/mol. The van der Waals surface area contributed by atoms with Crippen molar-refractivity contribution in [3.05, 3.63) is 66.5 Å². The number of carbonyl (C=O) groups is 2. The number of thioether (sulfide) groups is 1. The zero-order valence-electron chi connectivity index (χ0n) is 15.6. The fraction of sp³-hybridized carbons (Fsp3) is 0.150. The summed E-state index contributed by atoms with van der Waals surface area (Å²) in [7, 11) is 0. The minimum Gasteiger partial charge on any atom is -0.346 e.